The standard InChI is InChI=1S/C27H24F4O5/c1-3-34-20-12-10-19(11-13-20)25(17-26(28,29)27(25,30)31)24(32)35-16-18-6-4-8-22(14-18)36-23-9-5-7-21(15-23)33-2/h4-15H,3,16-17H2,1-2H3. The van der Waals surface area contributed by atoms with Crippen molar-refractivity contribution < 1.29 is 41.3 Å². The van der Waals surface area contributed by atoms with Crippen molar-refractivity contribution in [1.82, 2.24) is 0 Å². The molecule has 0 saturated heterocycles. The van der Waals surface area contributed by atoms with E-state index in [1.807, 2.05) is 0 Å². The summed E-state index contributed by atoms with van der Waals surface area (Å²) in [7, 11) is 1.52. The van der Waals surface area contributed by atoms with E-state index in [1.54, 1.807) is 55.5 Å². The Morgan fingerprint density at radius 2 is 1.50 bits per heavy atom. The largest absolute Gasteiger partial charge is 0.497 e. The van der Waals surface area contributed by atoms with Crippen molar-refractivity contribution in [2.75, 3.05) is 13.7 Å². The molecule has 190 valence electrons. The van der Waals surface area contributed by atoms with Gasteiger partial charge in [-0.15, -0.1) is 0 Å². The van der Waals surface area contributed by atoms with E-state index in [0.717, 1.165) is 0 Å². The lowest BCUT2D eigenvalue weighted by Gasteiger charge is -2.51. The second-order valence-electron chi connectivity index (χ2n) is 8.32. The van der Waals surface area contributed by atoms with Gasteiger partial charge >= 0.3 is 17.8 Å². The molecular formula is C27H24F4O5. The molecule has 1 fully saturated rings. The zero-order valence-electron chi connectivity index (χ0n) is 19.6. The van der Waals surface area contributed by atoms with Gasteiger partial charge in [-0.05, 0) is 54.4 Å². The van der Waals surface area contributed by atoms with Crippen LogP contribution in [0.5, 0.6) is 23.0 Å². The fraction of sp³-hybridized carbons (Fsp3) is 0.296. The lowest BCUT2D eigenvalue weighted by Crippen LogP contribution is -2.72. The van der Waals surface area contributed by atoms with Crippen LogP contribution < -0.4 is 14.2 Å². The summed E-state index contributed by atoms with van der Waals surface area (Å²) in [5, 5.41) is 0. The summed E-state index contributed by atoms with van der Waals surface area (Å²) in [6.45, 7) is 1.67. The number of ether oxygens (including phenoxy) is 4. The first-order valence-corrected chi connectivity index (χ1v) is 11.2. The third kappa shape index (κ3) is 4.45. The molecule has 36 heavy (non-hydrogen) atoms. The van der Waals surface area contributed by atoms with Crippen molar-refractivity contribution in [3.05, 3.63) is 83.9 Å². The molecule has 3 aromatic rings. The molecule has 1 atom stereocenters. The molecule has 0 heterocycles. The van der Waals surface area contributed by atoms with Gasteiger partial charge in [0.25, 0.3) is 0 Å². The van der Waals surface area contributed by atoms with E-state index in [4.69, 9.17) is 18.9 Å². The van der Waals surface area contributed by atoms with Crippen molar-refractivity contribution in [3.63, 3.8) is 0 Å². The molecule has 0 spiro atoms. The quantitative estimate of drug-likeness (QED) is 0.245. The smallest absolute Gasteiger partial charge is 0.330 e. The maximum atomic E-state index is 14.8. The fourth-order valence-electron chi connectivity index (χ4n) is 4.14. The summed E-state index contributed by atoms with van der Waals surface area (Å²) in [6, 6.07) is 18.4. The molecule has 0 N–H and O–H groups in total. The molecule has 3 aromatic carbocycles. The van der Waals surface area contributed by atoms with Crippen LogP contribution in [-0.4, -0.2) is 31.5 Å². The zero-order chi connectivity index (χ0) is 26.0. The number of rotatable bonds is 9. The molecule has 4 rings (SSSR count). The lowest BCUT2D eigenvalue weighted by atomic mass is 9.58. The second-order valence-corrected chi connectivity index (χ2v) is 8.32. The Hall–Kier alpha value is -3.75. The monoisotopic (exact) mass is 504 g/mol. The predicted octanol–water partition coefficient (Wildman–Crippen LogP) is 6.54. The van der Waals surface area contributed by atoms with E-state index in [0.29, 0.717) is 35.2 Å². The molecule has 1 aliphatic rings. The highest BCUT2D eigenvalue weighted by atomic mass is 19.3. The van der Waals surface area contributed by atoms with Crippen LogP contribution in [0, 0.1) is 0 Å². The van der Waals surface area contributed by atoms with Crippen LogP contribution in [-0.2, 0) is 21.6 Å². The molecule has 0 radical (unpaired) electrons. The molecule has 0 aliphatic heterocycles. The van der Waals surface area contributed by atoms with Crippen molar-refractivity contribution in [3.8, 4) is 23.0 Å². The van der Waals surface area contributed by atoms with Gasteiger partial charge in [-0.2, -0.15) is 17.6 Å². The highest BCUT2D eigenvalue weighted by molar-refractivity contribution is 5.87. The van der Waals surface area contributed by atoms with Gasteiger partial charge in [-0.3, -0.25) is 4.79 Å². The van der Waals surface area contributed by atoms with E-state index in [9.17, 15) is 22.4 Å². The number of hydrogen-bond acceptors (Lipinski definition) is 5. The molecule has 1 aliphatic carbocycles. The Labute approximate surface area is 205 Å². The van der Waals surface area contributed by atoms with E-state index in [2.05, 4.69) is 0 Å². The predicted molar refractivity (Wildman–Crippen MR) is 123 cm³/mol. The van der Waals surface area contributed by atoms with E-state index >= 15 is 0 Å². The Balaban J connectivity index is 1.53. The zero-order valence-corrected chi connectivity index (χ0v) is 19.6. The maximum absolute atomic E-state index is 14.8. The number of alkyl halides is 4. The van der Waals surface area contributed by atoms with Gasteiger partial charge in [0, 0.05) is 12.5 Å². The number of esters is 1. The molecule has 0 bridgehead atoms. The normalized spacial score (nSPS) is 19.6. The summed E-state index contributed by atoms with van der Waals surface area (Å²) in [4.78, 5) is 13.0. The van der Waals surface area contributed by atoms with E-state index < -0.39 is 36.3 Å². The fourth-order valence-corrected chi connectivity index (χ4v) is 4.14. The first-order valence-electron chi connectivity index (χ1n) is 11.2. The number of carbonyl (C=O) groups is 1. The van der Waals surface area contributed by atoms with Crippen LogP contribution >= 0.6 is 0 Å². The highest BCUT2D eigenvalue weighted by Crippen LogP contribution is 2.64. The Kier molecular flexibility index (Phi) is 6.84. The molecule has 5 nitrogen and oxygen atoms in total. The van der Waals surface area contributed by atoms with Crippen LogP contribution in [0.1, 0.15) is 24.5 Å². The Morgan fingerprint density at radius 1 is 0.861 bits per heavy atom. The van der Waals surface area contributed by atoms with Gasteiger partial charge < -0.3 is 18.9 Å². The third-order valence-corrected chi connectivity index (χ3v) is 6.03. The SMILES string of the molecule is CCOc1ccc(C2(C(=O)OCc3cccc(Oc4cccc(OC)c4)c3)CC(F)(F)C2(F)F)cc1. The van der Waals surface area contributed by atoms with Gasteiger partial charge in [-0.25, -0.2) is 0 Å². The van der Waals surface area contributed by atoms with Gasteiger partial charge in [0.05, 0.1) is 13.7 Å². The minimum Gasteiger partial charge on any atom is -0.497 e. The van der Waals surface area contributed by atoms with Crippen LogP contribution in [0.25, 0.3) is 0 Å². The highest BCUT2D eigenvalue weighted by Gasteiger charge is 2.84. The summed E-state index contributed by atoms with van der Waals surface area (Å²) in [6.07, 6.45) is -1.36. The van der Waals surface area contributed by atoms with Crippen molar-refractivity contribution in [1.29, 1.82) is 0 Å². The van der Waals surface area contributed by atoms with Crippen LogP contribution in [0.2, 0.25) is 0 Å². The first kappa shape index (κ1) is 25.3. The summed E-state index contributed by atoms with van der Waals surface area (Å²) >= 11 is 0. The van der Waals surface area contributed by atoms with E-state index in [-0.39, 0.29) is 5.56 Å². The number of carbonyl (C=O) groups excluding carboxylic acids is 1. The third-order valence-electron chi connectivity index (χ3n) is 6.03. The number of benzene rings is 3. The molecule has 9 heteroatoms. The minimum absolute atomic E-state index is 0.262. The van der Waals surface area contributed by atoms with Gasteiger partial charge in [0.1, 0.15) is 29.6 Å². The van der Waals surface area contributed by atoms with Gasteiger partial charge in [-0.1, -0.05) is 30.3 Å². The Morgan fingerprint density at radius 3 is 2.11 bits per heavy atom. The first-order chi connectivity index (χ1) is 17.1. The Bertz CT molecular complexity index is 1230. The molecule has 1 unspecified atom stereocenters. The number of halogens is 4. The van der Waals surface area contributed by atoms with Crippen molar-refractivity contribution in [2.24, 2.45) is 0 Å². The van der Waals surface area contributed by atoms with E-state index in [1.165, 1.54) is 31.4 Å². The van der Waals surface area contributed by atoms with Crippen molar-refractivity contribution >= 4 is 5.97 Å². The van der Waals surface area contributed by atoms with Crippen molar-refractivity contribution in [2.45, 2.75) is 37.2 Å². The average molecular weight is 504 g/mol. The van der Waals surface area contributed by atoms with Crippen LogP contribution in [0.15, 0.2) is 72.8 Å². The summed E-state index contributed by atoms with van der Waals surface area (Å²) in [5.41, 5.74) is -2.64. The van der Waals surface area contributed by atoms with Gasteiger partial charge in [0.2, 0.25) is 0 Å². The second kappa shape index (κ2) is 9.72. The molecule has 0 amide bonds. The maximum Gasteiger partial charge on any atom is 0.330 e. The topological polar surface area (TPSA) is 54.0 Å². The molecular weight excluding hydrogens is 480 g/mol. The van der Waals surface area contributed by atoms with Gasteiger partial charge in [0.15, 0.2) is 5.41 Å². The summed E-state index contributed by atoms with van der Waals surface area (Å²) in [5.74, 6) is -8.53. The lowest BCUT2D eigenvalue weighted by molar-refractivity contribution is -0.323. The average Bonchev–Trinajstić information content (AvgIpc) is 2.87. The molecule has 0 aromatic heterocycles. The minimum atomic E-state index is -4.62. The van der Waals surface area contributed by atoms with Crippen LogP contribution in [0.4, 0.5) is 17.6 Å². The summed E-state index contributed by atoms with van der Waals surface area (Å²) < 4.78 is 78.8. The number of hydrogen-bond donors (Lipinski definition) is 0. The molecule has 1 saturated carbocycles. The van der Waals surface area contributed by atoms with Crippen LogP contribution in [0.3, 0.4) is 0 Å². The number of methoxy groups -OCH3 is 1.